The van der Waals surface area contributed by atoms with Gasteiger partial charge >= 0.3 is 0 Å². The summed E-state index contributed by atoms with van der Waals surface area (Å²) in [4.78, 5) is 13.3. The monoisotopic (exact) mass is 259 g/mol. The zero-order valence-electron chi connectivity index (χ0n) is 8.90. The molecule has 1 aliphatic heterocycles. The minimum Gasteiger partial charge on any atom is -0.393 e. The van der Waals surface area contributed by atoms with Crippen LogP contribution in [0.5, 0.6) is 0 Å². The van der Waals surface area contributed by atoms with Gasteiger partial charge in [-0.05, 0) is 18.2 Å². The van der Waals surface area contributed by atoms with Gasteiger partial charge in [-0.15, -0.1) is 0 Å². The van der Waals surface area contributed by atoms with Crippen LogP contribution in [0.15, 0.2) is 18.2 Å². The van der Waals surface area contributed by atoms with Gasteiger partial charge in [0.15, 0.2) is 6.10 Å². The van der Waals surface area contributed by atoms with Gasteiger partial charge in [0, 0.05) is 12.2 Å². The van der Waals surface area contributed by atoms with Crippen molar-refractivity contribution in [3.63, 3.8) is 0 Å². The van der Waals surface area contributed by atoms with Crippen LogP contribution in [0.1, 0.15) is 0 Å². The third-order valence-corrected chi connectivity index (χ3v) is 2.85. The minimum atomic E-state index is -0.854. The van der Waals surface area contributed by atoms with Gasteiger partial charge in [-0.3, -0.25) is 4.79 Å². The highest BCUT2D eigenvalue weighted by Crippen LogP contribution is 2.24. The van der Waals surface area contributed by atoms with Crippen molar-refractivity contribution < 1.29 is 19.0 Å². The zero-order chi connectivity index (χ0) is 12.4. The molecule has 2 rings (SSSR count). The van der Waals surface area contributed by atoms with Crippen LogP contribution < -0.4 is 4.90 Å². The lowest BCUT2D eigenvalue weighted by Gasteiger charge is -2.31. The van der Waals surface area contributed by atoms with Gasteiger partial charge in [-0.2, -0.15) is 0 Å². The number of morpholine rings is 1. The number of aliphatic hydroxyl groups excluding tert-OH is 1. The first-order chi connectivity index (χ1) is 8.13. The summed E-state index contributed by atoms with van der Waals surface area (Å²) < 4.78 is 18.1. The molecule has 4 nitrogen and oxygen atoms in total. The maximum Gasteiger partial charge on any atom is 0.258 e. The van der Waals surface area contributed by atoms with Crippen molar-refractivity contribution >= 4 is 23.2 Å². The fourth-order valence-corrected chi connectivity index (χ4v) is 1.86. The number of carbonyl (C=O) groups is 1. The van der Waals surface area contributed by atoms with E-state index >= 15 is 0 Å². The van der Waals surface area contributed by atoms with Crippen LogP contribution in [0, 0.1) is 5.82 Å². The Labute approximate surface area is 103 Å². The van der Waals surface area contributed by atoms with E-state index in [1.807, 2.05) is 0 Å². The number of rotatable bonds is 2. The van der Waals surface area contributed by atoms with Crippen LogP contribution in [0.4, 0.5) is 10.1 Å². The number of benzene rings is 1. The van der Waals surface area contributed by atoms with Gasteiger partial charge in [-0.1, -0.05) is 11.6 Å². The fraction of sp³-hybridized carbons (Fsp3) is 0.364. The van der Waals surface area contributed by atoms with Crippen molar-refractivity contribution in [3.05, 3.63) is 29.0 Å². The van der Waals surface area contributed by atoms with Crippen molar-refractivity contribution in [2.45, 2.75) is 6.10 Å². The Kier molecular flexibility index (Phi) is 3.61. The second kappa shape index (κ2) is 5.00. The van der Waals surface area contributed by atoms with Crippen molar-refractivity contribution in [2.75, 3.05) is 24.7 Å². The van der Waals surface area contributed by atoms with Crippen LogP contribution in [0.25, 0.3) is 0 Å². The standard InChI is InChI=1S/C11H11ClFNO3/c12-8-5-7(1-2-9(8)13)14-3-4-17-10(6-15)11(14)16/h1-2,5,10,15H,3-4,6H2. The third kappa shape index (κ3) is 2.41. The highest BCUT2D eigenvalue weighted by molar-refractivity contribution is 6.31. The summed E-state index contributed by atoms with van der Waals surface area (Å²) in [6, 6.07) is 4.06. The van der Waals surface area contributed by atoms with Crippen molar-refractivity contribution in [1.29, 1.82) is 0 Å². The van der Waals surface area contributed by atoms with E-state index in [0.717, 1.165) is 0 Å². The average molecular weight is 260 g/mol. The van der Waals surface area contributed by atoms with Crippen LogP contribution in [-0.2, 0) is 9.53 Å². The lowest BCUT2D eigenvalue weighted by molar-refractivity contribution is -0.136. The van der Waals surface area contributed by atoms with Gasteiger partial charge in [0.1, 0.15) is 5.82 Å². The zero-order valence-corrected chi connectivity index (χ0v) is 9.65. The van der Waals surface area contributed by atoms with E-state index in [4.69, 9.17) is 21.4 Å². The number of halogens is 2. The van der Waals surface area contributed by atoms with Crippen molar-refractivity contribution in [2.24, 2.45) is 0 Å². The number of hydrogen-bond donors (Lipinski definition) is 1. The maximum absolute atomic E-state index is 13.0. The van der Waals surface area contributed by atoms with Crippen molar-refractivity contribution in [1.82, 2.24) is 0 Å². The predicted molar refractivity (Wildman–Crippen MR) is 60.6 cm³/mol. The number of ether oxygens (including phenoxy) is 1. The summed E-state index contributed by atoms with van der Waals surface area (Å²) in [5, 5.41) is 8.93. The Balaban J connectivity index is 2.26. The van der Waals surface area contributed by atoms with Gasteiger partial charge in [0.2, 0.25) is 0 Å². The molecule has 1 atom stereocenters. The molecule has 1 heterocycles. The Morgan fingerprint density at radius 1 is 1.59 bits per heavy atom. The number of carbonyl (C=O) groups excluding carboxylic acids is 1. The summed E-state index contributed by atoms with van der Waals surface area (Å²) >= 11 is 5.66. The Morgan fingerprint density at radius 2 is 2.35 bits per heavy atom. The van der Waals surface area contributed by atoms with E-state index in [1.54, 1.807) is 0 Å². The van der Waals surface area contributed by atoms with E-state index in [9.17, 15) is 9.18 Å². The Hall–Kier alpha value is -1.17. The Morgan fingerprint density at radius 3 is 3.00 bits per heavy atom. The first-order valence-corrected chi connectivity index (χ1v) is 5.50. The summed E-state index contributed by atoms with van der Waals surface area (Å²) in [5.74, 6) is -0.878. The maximum atomic E-state index is 13.0. The molecular weight excluding hydrogens is 249 g/mol. The average Bonchev–Trinajstić information content (AvgIpc) is 2.33. The lowest BCUT2D eigenvalue weighted by Crippen LogP contribution is -2.49. The molecular formula is C11H11ClFNO3. The molecule has 1 N–H and O–H groups in total. The van der Waals surface area contributed by atoms with Crippen molar-refractivity contribution in [3.8, 4) is 0 Å². The normalized spacial score (nSPS) is 20.8. The molecule has 92 valence electrons. The molecule has 0 radical (unpaired) electrons. The molecule has 17 heavy (non-hydrogen) atoms. The molecule has 0 saturated carbocycles. The van der Waals surface area contributed by atoms with Crippen LogP contribution in [0.2, 0.25) is 5.02 Å². The molecule has 1 aromatic rings. The van der Waals surface area contributed by atoms with Gasteiger partial charge in [-0.25, -0.2) is 4.39 Å². The first kappa shape index (κ1) is 12.3. The number of nitrogens with zero attached hydrogens (tertiary/aromatic N) is 1. The van der Waals surface area contributed by atoms with Crippen LogP contribution >= 0.6 is 11.6 Å². The fourth-order valence-electron chi connectivity index (χ4n) is 1.68. The molecule has 0 spiro atoms. The molecule has 1 amide bonds. The minimum absolute atomic E-state index is 0.0395. The van der Waals surface area contributed by atoms with E-state index in [2.05, 4.69) is 0 Å². The van der Waals surface area contributed by atoms with E-state index in [0.29, 0.717) is 18.8 Å². The summed E-state index contributed by atoms with van der Waals surface area (Å²) in [6.07, 6.45) is -0.854. The number of anilines is 1. The molecule has 1 aliphatic rings. The second-order valence-corrected chi connectivity index (χ2v) is 4.04. The van der Waals surface area contributed by atoms with Gasteiger partial charge < -0.3 is 14.7 Å². The third-order valence-electron chi connectivity index (χ3n) is 2.56. The van der Waals surface area contributed by atoms with Gasteiger partial charge in [0.05, 0.1) is 18.2 Å². The molecule has 6 heteroatoms. The topological polar surface area (TPSA) is 49.8 Å². The molecule has 0 aliphatic carbocycles. The summed E-state index contributed by atoms with van der Waals surface area (Å²) in [7, 11) is 0. The van der Waals surface area contributed by atoms with Crippen LogP contribution in [-0.4, -0.2) is 36.9 Å². The highest BCUT2D eigenvalue weighted by Gasteiger charge is 2.30. The molecule has 1 fully saturated rings. The SMILES string of the molecule is O=C1C(CO)OCCN1c1ccc(F)c(Cl)c1. The van der Waals surface area contributed by atoms with Crippen LogP contribution in [0.3, 0.4) is 0 Å². The van der Waals surface area contributed by atoms with E-state index < -0.39 is 11.9 Å². The molecule has 1 saturated heterocycles. The number of aliphatic hydroxyl groups is 1. The number of hydrogen-bond acceptors (Lipinski definition) is 3. The highest BCUT2D eigenvalue weighted by atomic mass is 35.5. The predicted octanol–water partition coefficient (Wildman–Crippen LogP) is 1.20. The number of amides is 1. The molecule has 1 aromatic carbocycles. The smallest absolute Gasteiger partial charge is 0.258 e. The van der Waals surface area contributed by atoms with Gasteiger partial charge in [0.25, 0.3) is 5.91 Å². The summed E-state index contributed by atoms with van der Waals surface area (Å²) in [6.45, 7) is 0.313. The van der Waals surface area contributed by atoms with E-state index in [-0.39, 0.29) is 17.5 Å². The summed E-state index contributed by atoms with van der Waals surface area (Å²) in [5.41, 5.74) is 0.503. The lowest BCUT2D eigenvalue weighted by atomic mass is 10.2. The molecule has 1 unspecified atom stereocenters. The van der Waals surface area contributed by atoms with E-state index in [1.165, 1.54) is 23.1 Å². The first-order valence-electron chi connectivity index (χ1n) is 5.12. The second-order valence-electron chi connectivity index (χ2n) is 3.63. The largest absolute Gasteiger partial charge is 0.393 e. The quantitative estimate of drug-likeness (QED) is 0.868. The Bertz CT molecular complexity index is 441. The molecule has 0 bridgehead atoms. The molecule has 0 aromatic heterocycles.